The lowest BCUT2D eigenvalue weighted by Crippen LogP contribution is -2.36. The second-order valence-electron chi connectivity index (χ2n) is 6.55. The predicted molar refractivity (Wildman–Crippen MR) is 115 cm³/mol. The molecule has 0 spiro atoms. The van der Waals surface area contributed by atoms with Crippen LogP contribution in [0.15, 0.2) is 67.0 Å². The van der Waals surface area contributed by atoms with Crippen LogP contribution >= 0.6 is 24.8 Å². The Bertz CT molecular complexity index is 899. The van der Waals surface area contributed by atoms with Gasteiger partial charge in [0, 0.05) is 49.2 Å². The van der Waals surface area contributed by atoms with Crippen LogP contribution in [0.2, 0.25) is 0 Å². The van der Waals surface area contributed by atoms with Crippen LogP contribution in [0.3, 0.4) is 0 Å². The minimum absolute atomic E-state index is 0. The van der Waals surface area contributed by atoms with E-state index < -0.39 is 0 Å². The zero-order chi connectivity index (χ0) is 17.2. The van der Waals surface area contributed by atoms with Crippen molar-refractivity contribution in [1.29, 1.82) is 0 Å². The molecule has 4 nitrogen and oxygen atoms in total. The number of nitrogens with zero attached hydrogens (tertiary/aromatic N) is 2. The Morgan fingerprint density at radius 2 is 1.81 bits per heavy atom. The molecule has 6 heteroatoms. The molecule has 1 aliphatic rings. The average Bonchev–Trinajstić information content (AvgIpc) is 3.17. The summed E-state index contributed by atoms with van der Waals surface area (Å²) in [5.41, 5.74) is 2.16. The molecular weight excluding hydrogens is 381 g/mol. The first-order chi connectivity index (χ1) is 12.3. The van der Waals surface area contributed by atoms with Gasteiger partial charge in [-0.25, -0.2) is 0 Å². The molecule has 1 aliphatic heterocycles. The monoisotopic (exact) mass is 403 g/mol. The second-order valence-corrected chi connectivity index (χ2v) is 6.55. The number of fused-ring (bicyclic) bond motifs is 1. The van der Waals surface area contributed by atoms with E-state index in [1.807, 2.05) is 55.7 Å². The standard InChI is InChI=1S/C21H21N3O.2ClH/c1-24(20-9-5-8-16-12-22-11-10-17(16)20)21(25)19-14-23-13-18(19)15-6-3-2-4-7-15;;/h2-12,18-19,23H,13-14H2,1H3;2*1H/t18-,19+;;/m1../s1. The van der Waals surface area contributed by atoms with Crippen LogP contribution in [0.4, 0.5) is 5.69 Å². The summed E-state index contributed by atoms with van der Waals surface area (Å²) in [5, 5.41) is 5.48. The van der Waals surface area contributed by atoms with Gasteiger partial charge in [0.1, 0.15) is 0 Å². The number of halogens is 2. The van der Waals surface area contributed by atoms with Crippen LogP contribution in [0, 0.1) is 5.92 Å². The lowest BCUT2D eigenvalue weighted by atomic mass is 9.88. The number of amides is 1. The number of carbonyl (C=O) groups is 1. The average molecular weight is 404 g/mol. The van der Waals surface area contributed by atoms with E-state index in [1.165, 1.54) is 5.56 Å². The van der Waals surface area contributed by atoms with Gasteiger partial charge in [-0.2, -0.15) is 0 Å². The van der Waals surface area contributed by atoms with E-state index in [9.17, 15) is 4.79 Å². The summed E-state index contributed by atoms with van der Waals surface area (Å²) in [5.74, 6) is 0.320. The first kappa shape index (κ1) is 21.2. The van der Waals surface area contributed by atoms with E-state index in [2.05, 4.69) is 22.4 Å². The van der Waals surface area contributed by atoms with E-state index in [1.54, 1.807) is 11.1 Å². The maximum Gasteiger partial charge on any atom is 0.231 e. The fourth-order valence-corrected chi connectivity index (χ4v) is 3.75. The van der Waals surface area contributed by atoms with Crippen LogP contribution in [-0.4, -0.2) is 31.0 Å². The molecule has 2 aromatic carbocycles. The number of benzene rings is 2. The largest absolute Gasteiger partial charge is 0.315 e. The molecule has 27 heavy (non-hydrogen) atoms. The smallest absolute Gasteiger partial charge is 0.231 e. The quantitative estimate of drug-likeness (QED) is 0.717. The molecule has 2 heterocycles. The number of hydrogen-bond donors (Lipinski definition) is 1. The zero-order valence-corrected chi connectivity index (χ0v) is 16.7. The molecule has 1 N–H and O–H groups in total. The van der Waals surface area contributed by atoms with Crippen molar-refractivity contribution in [3.8, 4) is 0 Å². The van der Waals surface area contributed by atoms with Gasteiger partial charge in [-0.05, 0) is 17.7 Å². The zero-order valence-electron chi connectivity index (χ0n) is 15.0. The van der Waals surface area contributed by atoms with Gasteiger partial charge < -0.3 is 10.2 Å². The first-order valence-corrected chi connectivity index (χ1v) is 8.61. The fraction of sp³-hybridized carbons (Fsp3) is 0.238. The number of rotatable bonds is 3. The number of hydrogen-bond acceptors (Lipinski definition) is 3. The van der Waals surface area contributed by atoms with E-state index >= 15 is 0 Å². The Morgan fingerprint density at radius 1 is 1.04 bits per heavy atom. The number of nitrogens with one attached hydrogen (secondary N) is 1. The van der Waals surface area contributed by atoms with Crippen molar-refractivity contribution in [3.05, 3.63) is 72.6 Å². The third kappa shape index (κ3) is 4.08. The third-order valence-corrected chi connectivity index (χ3v) is 5.11. The molecule has 1 saturated heterocycles. The van der Waals surface area contributed by atoms with Gasteiger partial charge in [0.25, 0.3) is 0 Å². The summed E-state index contributed by atoms with van der Waals surface area (Å²) in [6, 6.07) is 18.3. The highest BCUT2D eigenvalue weighted by Gasteiger charge is 2.36. The van der Waals surface area contributed by atoms with Crippen LogP contribution in [0.1, 0.15) is 11.5 Å². The molecule has 142 valence electrons. The Balaban J connectivity index is 0.00000131. The summed E-state index contributed by atoms with van der Waals surface area (Å²) in [6.07, 6.45) is 3.61. The number of aromatic nitrogens is 1. The van der Waals surface area contributed by atoms with Crippen LogP contribution in [0.5, 0.6) is 0 Å². The van der Waals surface area contributed by atoms with Crippen molar-refractivity contribution >= 4 is 47.2 Å². The van der Waals surface area contributed by atoms with Gasteiger partial charge in [0.15, 0.2) is 0 Å². The van der Waals surface area contributed by atoms with Gasteiger partial charge in [0.05, 0.1) is 11.6 Å². The van der Waals surface area contributed by atoms with E-state index in [0.29, 0.717) is 0 Å². The second kappa shape index (κ2) is 9.18. The van der Waals surface area contributed by atoms with Crippen molar-refractivity contribution in [2.75, 3.05) is 25.0 Å². The molecule has 1 fully saturated rings. The van der Waals surface area contributed by atoms with E-state index in [4.69, 9.17) is 0 Å². The molecule has 3 aromatic rings. The van der Waals surface area contributed by atoms with Gasteiger partial charge in [0.2, 0.25) is 5.91 Å². The maximum atomic E-state index is 13.2. The van der Waals surface area contributed by atoms with Crippen LogP contribution in [0.25, 0.3) is 10.8 Å². The molecule has 0 unspecified atom stereocenters. The third-order valence-electron chi connectivity index (χ3n) is 5.11. The topological polar surface area (TPSA) is 45.2 Å². The highest BCUT2D eigenvalue weighted by atomic mass is 35.5. The van der Waals surface area contributed by atoms with Crippen LogP contribution in [-0.2, 0) is 4.79 Å². The van der Waals surface area contributed by atoms with Crippen molar-refractivity contribution < 1.29 is 4.79 Å². The first-order valence-electron chi connectivity index (χ1n) is 8.61. The Morgan fingerprint density at radius 3 is 2.59 bits per heavy atom. The SMILES string of the molecule is CN(C(=O)[C@H]1CNC[C@@H]1c1ccccc1)c1cccc2cnccc12.Cl.Cl. The van der Waals surface area contributed by atoms with Crippen molar-refractivity contribution in [1.82, 2.24) is 10.3 Å². The minimum Gasteiger partial charge on any atom is -0.315 e. The lowest BCUT2D eigenvalue weighted by molar-refractivity contribution is -0.121. The Kier molecular flexibility index (Phi) is 7.19. The van der Waals surface area contributed by atoms with Crippen molar-refractivity contribution in [2.45, 2.75) is 5.92 Å². The van der Waals surface area contributed by atoms with Gasteiger partial charge >= 0.3 is 0 Å². The molecule has 0 bridgehead atoms. The molecule has 0 saturated carbocycles. The van der Waals surface area contributed by atoms with Gasteiger partial charge in [-0.15, -0.1) is 24.8 Å². The highest BCUT2D eigenvalue weighted by Crippen LogP contribution is 2.32. The van der Waals surface area contributed by atoms with Gasteiger partial charge in [-0.1, -0.05) is 42.5 Å². The summed E-state index contributed by atoms with van der Waals surface area (Å²) in [4.78, 5) is 19.2. The summed E-state index contributed by atoms with van der Waals surface area (Å²) in [7, 11) is 1.87. The summed E-state index contributed by atoms with van der Waals surface area (Å²) < 4.78 is 0. The number of anilines is 1. The van der Waals surface area contributed by atoms with E-state index in [-0.39, 0.29) is 42.6 Å². The molecule has 2 atom stereocenters. The normalized spacial score (nSPS) is 18.4. The molecule has 0 radical (unpaired) electrons. The molecule has 0 aliphatic carbocycles. The van der Waals surface area contributed by atoms with E-state index in [0.717, 1.165) is 29.5 Å². The van der Waals surface area contributed by atoms with Crippen molar-refractivity contribution in [3.63, 3.8) is 0 Å². The summed E-state index contributed by atoms with van der Waals surface area (Å²) in [6.45, 7) is 1.56. The van der Waals surface area contributed by atoms with Gasteiger partial charge in [-0.3, -0.25) is 9.78 Å². The summed E-state index contributed by atoms with van der Waals surface area (Å²) >= 11 is 0. The molecule has 4 rings (SSSR count). The molecule has 1 amide bonds. The highest BCUT2D eigenvalue weighted by molar-refractivity contribution is 6.04. The lowest BCUT2D eigenvalue weighted by Gasteiger charge is -2.26. The molecule has 1 aromatic heterocycles. The fourth-order valence-electron chi connectivity index (χ4n) is 3.75. The number of pyridine rings is 1. The minimum atomic E-state index is -0.0514. The Hall–Kier alpha value is -2.14. The maximum absolute atomic E-state index is 13.2. The van der Waals surface area contributed by atoms with Crippen molar-refractivity contribution in [2.24, 2.45) is 5.92 Å². The Labute approximate surface area is 171 Å². The number of carbonyl (C=O) groups excluding carboxylic acids is 1. The van der Waals surface area contributed by atoms with Crippen LogP contribution < -0.4 is 10.2 Å². The molecular formula is C21H23Cl2N3O. The predicted octanol–water partition coefficient (Wildman–Crippen LogP) is 4.04.